The summed E-state index contributed by atoms with van der Waals surface area (Å²) in [5, 5.41) is 0. The van der Waals surface area contributed by atoms with Crippen LogP contribution in [0, 0.1) is 0 Å². The average molecular weight is 277 g/mol. The van der Waals surface area contributed by atoms with Gasteiger partial charge in [0.25, 0.3) is 0 Å². The van der Waals surface area contributed by atoms with Gasteiger partial charge in [0, 0.05) is 26.0 Å². The van der Waals surface area contributed by atoms with Crippen molar-refractivity contribution >= 4 is 15.7 Å². The predicted molar refractivity (Wildman–Crippen MR) is 73.7 cm³/mol. The van der Waals surface area contributed by atoms with Gasteiger partial charge in [-0.2, -0.15) is 4.31 Å². The van der Waals surface area contributed by atoms with Crippen LogP contribution in [0.25, 0.3) is 0 Å². The summed E-state index contributed by atoms with van der Waals surface area (Å²) >= 11 is 0. The van der Waals surface area contributed by atoms with Crippen molar-refractivity contribution < 1.29 is 8.42 Å². The molecule has 0 bridgehead atoms. The second kappa shape index (κ2) is 5.38. The van der Waals surface area contributed by atoms with Crippen LogP contribution >= 0.6 is 0 Å². The number of nitrogens with zero attached hydrogens (tertiary/aromatic N) is 2. The molecule has 0 saturated heterocycles. The van der Waals surface area contributed by atoms with E-state index >= 15 is 0 Å². The first kappa shape index (κ1) is 13.5. The number of rotatable bonds is 4. The molecule has 0 spiro atoms. The molecule has 0 radical (unpaired) electrons. The molecule has 0 aliphatic rings. The molecular weight excluding hydrogens is 262 g/mol. The van der Waals surface area contributed by atoms with Gasteiger partial charge in [-0.15, -0.1) is 0 Å². The van der Waals surface area contributed by atoms with Crippen LogP contribution in [0.4, 0.5) is 5.69 Å². The highest BCUT2D eigenvalue weighted by Gasteiger charge is 2.21. The minimum atomic E-state index is -3.57. The minimum absolute atomic E-state index is 0.103. The monoisotopic (exact) mass is 277 g/mol. The molecule has 5 nitrogen and oxygen atoms in total. The van der Waals surface area contributed by atoms with Crippen molar-refractivity contribution in [1.82, 2.24) is 9.29 Å². The van der Waals surface area contributed by atoms with Crippen molar-refractivity contribution in [2.24, 2.45) is 0 Å². The molecule has 100 valence electrons. The molecule has 1 aromatic carbocycles. The first-order chi connectivity index (χ1) is 9.00. The number of hydrogen-bond acceptors (Lipinski definition) is 4. The molecular formula is C13H15N3O2S. The van der Waals surface area contributed by atoms with Crippen LogP contribution in [0.5, 0.6) is 0 Å². The maximum atomic E-state index is 12.3. The molecule has 0 fully saturated rings. The Morgan fingerprint density at radius 1 is 1.21 bits per heavy atom. The Hall–Kier alpha value is -1.92. The second-order valence-electron chi connectivity index (χ2n) is 4.20. The highest BCUT2D eigenvalue weighted by atomic mass is 32.2. The molecule has 0 amide bonds. The normalized spacial score (nSPS) is 11.7. The van der Waals surface area contributed by atoms with Crippen molar-refractivity contribution in [1.29, 1.82) is 0 Å². The molecule has 19 heavy (non-hydrogen) atoms. The number of aromatic nitrogens is 1. The third-order valence-corrected chi connectivity index (χ3v) is 4.46. The van der Waals surface area contributed by atoms with E-state index in [2.05, 4.69) is 4.98 Å². The lowest BCUT2D eigenvalue weighted by atomic mass is 10.2. The Morgan fingerprint density at radius 2 is 1.89 bits per heavy atom. The van der Waals surface area contributed by atoms with Gasteiger partial charge in [0.1, 0.15) is 4.90 Å². The summed E-state index contributed by atoms with van der Waals surface area (Å²) < 4.78 is 25.9. The fourth-order valence-corrected chi connectivity index (χ4v) is 2.84. The molecule has 2 N–H and O–H groups in total. The lowest BCUT2D eigenvalue weighted by Crippen LogP contribution is -2.26. The zero-order valence-electron chi connectivity index (χ0n) is 10.5. The summed E-state index contributed by atoms with van der Waals surface area (Å²) in [6, 6.07) is 10.8. The zero-order chi connectivity index (χ0) is 13.9. The molecule has 0 aliphatic heterocycles. The first-order valence-corrected chi connectivity index (χ1v) is 7.15. The minimum Gasteiger partial charge on any atom is -0.397 e. The lowest BCUT2D eigenvalue weighted by Gasteiger charge is -2.17. The van der Waals surface area contributed by atoms with Gasteiger partial charge in [-0.1, -0.05) is 30.3 Å². The summed E-state index contributed by atoms with van der Waals surface area (Å²) in [7, 11) is -2.04. The second-order valence-corrected chi connectivity index (χ2v) is 6.25. The zero-order valence-corrected chi connectivity index (χ0v) is 11.3. The Bertz CT molecular complexity index is 657. The van der Waals surface area contributed by atoms with Crippen LogP contribution in [-0.2, 0) is 16.6 Å². The van der Waals surface area contributed by atoms with E-state index < -0.39 is 10.0 Å². The molecule has 2 rings (SSSR count). The number of anilines is 1. The molecule has 0 aliphatic carbocycles. The average Bonchev–Trinajstić information content (AvgIpc) is 2.40. The summed E-state index contributed by atoms with van der Waals surface area (Å²) in [5.41, 5.74) is 6.81. The predicted octanol–water partition coefficient (Wildman–Crippen LogP) is 1.48. The van der Waals surface area contributed by atoms with E-state index in [1.807, 2.05) is 30.3 Å². The van der Waals surface area contributed by atoms with Gasteiger partial charge in [0.05, 0.1) is 5.69 Å². The molecule has 6 heteroatoms. The van der Waals surface area contributed by atoms with E-state index in [-0.39, 0.29) is 4.90 Å². The van der Waals surface area contributed by atoms with Gasteiger partial charge in [-0.25, -0.2) is 8.42 Å². The molecule has 1 heterocycles. The Balaban J connectivity index is 2.25. The van der Waals surface area contributed by atoms with Crippen LogP contribution in [0.15, 0.2) is 53.7 Å². The quantitative estimate of drug-likeness (QED) is 0.918. The van der Waals surface area contributed by atoms with E-state index in [0.29, 0.717) is 12.2 Å². The molecule has 0 atom stereocenters. The van der Waals surface area contributed by atoms with Gasteiger partial charge in [0.2, 0.25) is 10.0 Å². The molecule has 1 aromatic heterocycles. The van der Waals surface area contributed by atoms with E-state index in [1.165, 1.54) is 29.8 Å². The van der Waals surface area contributed by atoms with Crippen LogP contribution in [-0.4, -0.2) is 24.8 Å². The smallest absolute Gasteiger partial charge is 0.244 e. The fraction of sp³-hybridized carbons (Fsp3) is 0.154. The van der Waals surface area contributed by atoms with Crippen LogP contribution in [0.1, 0.15) is 5.56 Å². The van der Waals surface area contributed by atoms with E-state index in [1.54, 1.807) is 0 Å². The van der Waals surface area contributed by atoms with Crippen LogP contribution in [0.2, 0.25) is 0 Å². The van der Waals surface area contributed by atoms with E-state index in [4.69, 9.17) is 5.73 Å². The van der Waals surface area contributed by atoms with Gasteiger partial charge in [-0.3, -0.25) is 4.98 Å². The topological polar surface area (TPSA) is 76.3 Å². The largest absolute Gasteiger partial charge is 0.397 e. The highest BCUT2D eigenvalue weighted by molar-refractivity contribution is 7.89. The summed E-state index contributed by atoms with van der Waals surface area (Å²) in [4.78, 5) is 3.91. The SMILES string of the molecule is CN(Cc1ccccc1)S(=O)(=O)c1cncc(N)c1. The number of hydrogen-bond donors (Lipinski definition) is 1. The number of pyridine rings is 1. The van der Waals surface area contributed by atoms with E-state index in [0.717, 1.165) is 5.56 Å². The van der Waals surface area contributed by atoms with Gasteiger partial charge in [-0.05, 0) is 11.6 Å². The summed E-state index contributed by atoms with van der Waals surface area (Å²) in [6.45, 7) is 0.304. The lowest BCUT2D eigenvalue weighted by molar-refractivity contribution is 0.466. The number of nitrogen functional groups attached to an aromatic ring is 1. The standard InChI is InChI=1S/C13H15N3O2S/c1-16(10-11-5-3-2-4-6-11)19(17,18)13-7-12(14)8-15-9-13/h2-9H,10,14H2,1H3. The number of sulfonamides is 1. The Labute approximate surface area is 112 Å². The maximum Gasteiger partial charge on any atom is 0.244 e. The third-order valence-electron chi connectivity index (χ3n) is 2.69. The van der Waals surface area contributed by atoms with Crippen molar-refractivity contribution in [3.8, 4) is 0 Å². The summed E-state index contributed by atoms with van der Waals surface area (Å²) in [5.74, 6) is 0. The van der Waals surface area contributed by atoms with Crippen molar-refractivity contribution in [2.45, 2.75) is 11.4 Å². The van der Waals surface area contributed by atoms with E-state index in [9.17, 15) is 8.42 Å². The fourth-order valence-electron chi connectivity index (χ4n) is 1.68. The summed E-state index contributed by atoms with van der Waals surface area (Å²) in [6.07, 6.45) is 2.71. The first-order valence-electron chi connectivity index (χ1n) is 5.71. The third kappa shape index (κ3) is 3.10. The Kier molecular flexibility index (Phi) is 3.82. The number of benzene rings is 1. The maximum absolute atomic E-state index is 12.3. The Morgan fingerprint density at radius 3 is 2.53 bits per heavy atom. The highest BCUT2D eigenvalue weighted by Crippen LogP contribution is 2.17. The van der Waals surface area contributed by atoms with Crippen molar-refractivity contribution in [3.05, 3.63) is 54.4 Å². The molecule has 0 saturated carbocycles. The van der Waals surface area contributed by atoms with Gasteiger partial charge >= 0.3 is 0 Å². The van der Waals surface area contributed by atoms with Crippen LogP contribution < -0.4 is 5.73 Å². The number of nitrogens with two attached hydrogens (primary N) is 1. The molecule has 0 unspecified atom stereocenters. The van der Waals surface area contributed by atoms with Gasteiger partial charge in [0.15, 0.2) is 0 Å². The van der Waals surface area contributed by atoms with Crippen molar-refractivity contribution in [2.75, 3.05) is 12.8 Å². The van der Waals surface area contributed by atoms with Gasteiger partial charge < -0.3 is 5.73 Å². The molecule has 2 aromatic rings. The van der Waals surface area contributed by atoms with Crippen molar-refractivity contribution in [3.63, 3.8) is 0 Å². The van der Waals surface area contributed by atoms with Crippen LogP contribution in [0.3, 0.4) is 0 Å².